The van der Waals surface area contributed by atoms with Crippen molar-refractivity contribution in [3.63, 3.8) is 0 Å². The van der Waals surface area contributed by atoms with E-state index in [4.69, 9.17) is 9.26 Å². The van der Waals surface area contributed by atoms with Gasteiger partial charge in [0.1, 0.15) is 5.69 Å². The number of methoxy groups -OCH3 is 1. The van der Waals surface area contributed by atoms with Gasteiger partial charge < -0.3 is 19.9 Å². The van der Waals surface area contributed by atoms with Crippen molar-refractivity contribution in [2.75, 3.05) is 33.4 Å². The molecule has 2 rings (SSSR count). The first kappa shape index (κ1) is 16.9. The Kier molecular flexibility index (Phi) is 6.99. The molecule has 2 N–H and O–H groups in total. The minimum absolute atomic E-state index is 0.432. The normalized spacial score (nSPS) is 11.5. The number of rotatable bonds is 8. The van der Waals surface area contributed by atoms with Gasteiger partial charge in [-0.25, -0.2) is 0 Å². The van der Waals surface area contributed by atoms with Crippen LogP contribution in [0.15, 0.2) is 33.9 Å². The Morgan fingerprint density at radius 3 is 3.00 bits per heavy atom. The molecule has 0 radical (unpaired) electrons. The molecule has 0 aliphatic rings. The van der Waals surface area contributed by atoms with Crippen LogP contribution in [0.2, 0.25) is 0 Å². The maximum Gasteiger partial charge on any atom is 0.276 e. The van der Waals surface area contributed by atoms with Crippen LogP contribution in [0.1, 0.15) is 12.7 Å². The predicted octanol–water partition coefficient (Wildman–Crippen LogP) is 0.876. The molecule has 2 aromatic rings. The van der Waals surface area contributed by atoms with Crippen molar-refractivity contribution >= 4 is 5.96 Å². The van der Waals surface area contributed by atoms with E-state index in [1.54, 1.807) is 13.3 Å². The summed E-state index contributed by atoms with van der Waals surface area (Å²) in [5.41, 5.74) is 0.675. The largest absolute Gasteiger partial charge is 0.383 e. The molecule has 0 atom stereocenters. The second-order valence-corrected chi connectivity index (χ2v) is 4.66. The van der Waals surface area contributed by atoms with E-state index in [9.17, 15) is 0 Å². The van der Waals surface area contributed by atoms with Crippen LogP contribution >= 0.6 is 0 Å². The molecule has 0 amide bonds. The minimum atomic E-state index is 0.432. The van der Waals surface area contributed by atoms with Gasteiger partial charge in [-0.15, -0.1) is 0 Å². The van der Waals surface area contributed by atoms with Gasteiger partial charge in [0.05, 0.1) is 13.2 Å². The van der Waals surface area contributed by atoms with E-state index < -0.39 is 0 Å². The van der Waals surface area contributed by atoms with E-state index in [1.165, 1.54) is 0 Å². The standard InChI is InChI=1S/C15H22N6O2/c1-3-16-15(19-10-11-22-2)18-9-7-13-20-14(23-21-13)12-6-4-5-8-17-12/h4-6,8H,3,7,9-11H2,1-2H3,(H2,16,18,19). The van der Waals surface area contributed by atoms with E-state index in [2.05, 4.69) is 30.8 Å². The number of pyridine rings is 1. The third-order valence-corrected chi connectivity index (χ3v) is 2.90. The van der Waals surface area contributed by atoms with Crippen molar-refractivity contribution in [3.8, 4) is 11.6 Å². The van der Waals surface area contributed by atoms with Crippen LogP contribution < -0.4 is 10.6 Å². The van der Waals surface area contributed by atoms with Crippen molar-refractivity contribution in [3.05, 3.63) is 30.2 Å². The Bertz CT molecular complexity index is 599. The number of guanidine groups is 1. The molecule has 0 bridgehead atoms. The summed E-state index contributed by atoms with van der Waals surface area (Å²) in [5.74, 6) is 1.81. The maximum atomic E-state index is 5.22. The Morgan fingerprint density at radius 1 is 1.35 bits per heavy atom. The highest BCUT2D eigenvalue weighted by Gasteiger charge is 2.09. The molecule has 0 spiro atoms. The molecule has 124 valence electrons. The summed E-state index contributed by atoms with van der Waals surface area (Å²) >= 11 is 0. The van der Waals surface area contributed by atoms with Gasteiger partial charge in [0.25, 0.3) is 5.89 Å². The first-order valence-corrected chi connectivity index (χ1v) is 7.58. The summed E-state index contributed by atoms with van der Waals surface area (Å²) in [7, 11) is 1.66. The zero-order chi connectivity index (χ0) is 16.3. The van der Waals surface area contributed by atoms with Crippen LogP contribution in [0.4, 0.5) is 0 Å². The topological polar surface area (TPSA) is 97.5 Å². The van der Waals surface area contributed by atoms with E-state index in [-0.39, 0.29) is 0 Å². The lowest BCUT2D eigenvalue weighted by Gasteiger charge is -2.10. The fourth-order valence-corrected chi connectivity index (χ4v) is 1.83. The number of nitrogens with zero attached hydrogens (tertiary/aromatic N) is 4. The van der Waals surface area contributed by atoms with Crippen molar-refractivity contribution in [1.29, 1.82) is 0 Å². The summed E-state index contributed by atoms with van der Waals surface area (Å²) < 4.78 is 10.2. The molecular formula is C15H22N6O2. The zero-order valence-corrected chi connectivity index (χ0v) is 13.5. The van der Waals surface area contributed by atoms with Crippen LogP contribution in [0.3, 0.4) is 0 Å². The monoisotopic (exact) mass is 318 g/mol. The van der Waals surface area contributed by atoms with E-state index >= 15 is 0 Å². The number of aromatic nitrogens is 3. The van der Waals surface area contributed by atoms with Crippen LogP contribution in [0.5, 0.6) is 0 Å². The molecule has 8 heteroatoms. The molecule has 0 saturated heterocycles. The zero-order valence-electron chi connectivity index (χ0n) is 13.5. The van der Waals surface area contributed by atoms with E-state index in [0.29, 0.717) is 43.5 Å². The summed E-state index contributed by atoms with van der Waals surface area (Å²) in [6.45, 7) is 4.67. The third kappa shape index (κ3) is 5.67. The van der Waals surface area contributed by atoms with Crippen molar-refractivity contribution in [1.82, 2.24) is 25.8 Å². The number of nitrogens with one attached hydrogen (secondary N) is 2. The van der Waals surface area contributed by atoms with Gasteiger partial charge in [-0.2, -0.15) is 4.98 Å². The molecule has 23 heavy (non-hydrogen) atoms. The van der Waals surface area contributed by atoms with Crippen LogP contribution in [0.25, 0.3) is 11.6 Å². The van der Waals surface area contributed by atoms with E-state index in [0.717, 1.165) is 12.5 Å². The fraction of sp³-hybridized carbons (Fsp3) is 0.467. The van der Waals surface area contributed by atoms with Gasteiger partial charge in [-0.1, -0.05) is 11.2 Å². The summed E-state index contributed by atoms with van der Waals surface area (Å²) in [4.78, 5) is 12.9. The number of hydrogen-bond donors (Lipinski definition) is 2. The number of hydrogen-bond acceptors (Lipinski definition) is 6. The average Bonchev–Trinajstić information content (AvgIpc) is 3.05. The Hall–Kier alpha value is -2.48. The summed E-state index contributed by atoms with van der Waals surface area (Å²) in [6, 6.07) is 5.56. The van der Waals surface area contributed by atoms with Gasteiger partial charge >= 0.3 is 0 Å². The smallest absolute Gasteiger partial charge is 0.276 e. The molecule has 8 nitrogen and oxygen atoms in total. The molecule has 2 heterocycles. The average molecular weight is 318 g/mol. The molecule has 0 saturated carbocycles. The van der Waals surface area contributed by atoms with Crippen LogP contribution in [-0.4, -0.2) is 54.4 Å². The molecule has 2 aromatic heterocycles. The van der Waals surface area contributed by atoms with Gasteiger partial charge in [0, 0.05) is 32.8 Å². The first-order valence-electron chi connectivity index (χ1n) is 7.58. The fourth-order valence-electron chi connectivity index (χ4n) is 1.83. The Morgan fingerprint density at radius 2 is 2.26 bits per heavy atom. The Labute approximate surface area is 135 Å². The SMILES string of the molecule is CCNC(=NCCOC)NCCc1noc(-c2ccccn2)n1. The molecule has 0 fully saturated rings. The van der Waals surface area contributed by atoms with Crippen LogP contribution in [0, 0.1) is 0 Å². The molecule has 0 aromatic carbocycles. The van der Waals surface area contributed by atoms with Crippen molar-refractivity contribution in [2.45, 2.75) is 13.3 Å². The molecule has 0 aliphatic heterocycles. The minimum Gasteiger partial charge on any atom is -0.383 e. The second kappa shape index (κ2) is 9.52. The number of ether oxygens (including phenoxy) is 1. The van der Waals surface area contributed by atoms with E-state index in [1.807, 2.05) is 25.1 Å². The maximum absolute atomic E-state index is 5.22. The first-order chi connectivity index (χ1) is 11.3. The Balaban J connectivity index is 1.83. The highest BCUT2D eigenvalue weighted by molar-refractivity contribution is 5.79. The predicted molar refractivity (Wildman–Crippen MR) is 87.1 cm³/mol. The highest BCUT2D eigenvalue weighted by Crippen LogP contribution is 2.12. The van der Waals surface area contributed by atoms with Gasteiger partial charge in [0.15, 0.2) is 11.8 Å². The van der Waals surface area contributed by atoms with Gasteiger partial charge in [0.2, 0.25) is 0 Å². The summed E-state index contributed by atoms with van der Waals surface area (Å²) in [6.07, 6.45) is 2.32. The lowest BCUT2D eigenvalue weighted by molar-refractivity contribution is 0.208. The quantitative estimate of drug-likeness (QED) is 0.423. The third-order valence-electron chi connectivity index (χ3n) is 2.90. The van der Waals surface area contributed by atoms with Gasteiger partial charge in [-0.3, -0.25) is 9.98 Å². The second-order valence-electron chi connectivity index (χ2n) is 4.66. The molecule has 0 aliphatic carbocycles. The molecular weight excluding hydrogens is 296 g/mol. The van der Waals surface area contributed by atoms with Crippen LogP contribution in [-0.2, 0) is 11.2 Å². The van der Waals surface area contributed by atoms with Gasteiger partial charge in [-0.05, 0) is 19.1 Å². The lowest BCUT2D eigenvalue weighted by atomic mass is 10.3. The number of aliphatic imine (C=N–C) groups is 1. The highest BCUT2D eigenvalue weighted by atomic mass is 16.5. The molecule has 0 unspecified atom stereocenters. The lowest BCUT2D eigenvalue weighted by Crippen LogP contribution is -2.38. The van der Waals surface area contributed by atoms with Crippen molar-refractivity contribution in [2.24, 2.45) is 4.99 Å². The van der Waals surface area contributed by atoms with Crippen molar-refractivity contribution < 1.29 is 9.26 Å². The summed E-state index contributed by atoms with van der Waals surface area (Å²) in [5, 5.41) is 10.4.